The van der Waals surface area contributed by atoms with Crippen molar-refractivity contribution >= 4 is 5.97 Å². The molecule has 1 aliphatic heterocycles. The normalized spacial score (nSPS) is 43.6. The number of aliphatic hydroxyl groups excluding tert-OH is 3. The van der Waals surface area contributed by atoms with E-state index < -0.39 is 36.7 Å². The number of methoxy groups -OCH3 is 1. The fourth-order valence-corrected chi connectivity index (χ4v) is 1.25. The van der Waals surface area contributed by atoms with Crippen LogP contribution in [0.4, 0.5) is 0 Å². The number of aliphatic carboxylic acids is 1. The van der Waals surface area contributed by atoms with Crippen LogP contribution in [-0.2, 0) is 14.3 Å². The van der Waals surface area contributed by atoms with Gasteiger partial charge in [0.15, 0.2) is 12.4 Å². The first kappa shape index (κ1) is 11.3. The number of rotatable bonds is 2. The zero-order chi connectivity index (χ0) is 10.9. The molecule has 1 heterocycles. The van der Waals surface area contributed by atoms with E-state index in [1.807, 2.05) is 0 Å². The Morgan fingerprint density at radius 1 is 1.21 bits per heavy atom. The number of carbonyl (C=O) groups is 1. The molecular formula is C7H12O7. The molecule has 1 fully saturated rings. The van der Waals surface area contributed by atoms with Crippen molar-refractivity contribution in [1.82, 2.24) is 0 Å². The number of carboxylic acids is 1. The van der Waals surface area contributed by atoms with E-state index in [0.717, 1.165) is 0 Å². The maximum absolute atomic E-state index is 10.5. The number of carboxylic acid groups (broad SMARTS) is 1. The van der Waals surface area contributed by atoms with Crippen molar-refractivity contribution in [2.45, 2.75) is 30.7 Å². The molecule has 0 bridgehead atoms. The third-order valence-electron chi connectivity index (χ3n) is 2.05. The van der Waals surface area contributed by atoms with Gasteiger partial charge in [-0.2, -0.15) is 0 Å². The molecule has 4 N–H and O–H groups in total. The first-order valence-corrected chi connectivity index (χ1v) is 3.94. The Kier molecular flexibility index (Phi) is 3.40. The summed E-state index contributed by atoms with van der Waals surface area (Å²) < 4.78 is 9.31. The topological polar surface area (TPSA) is 116 Å². The minimum atomic E-state index is -1.67. The molecule has 14 heavy (non-hydrogen) atoms. The lowest BCUT2D eigenvalue weighted by Gasteiger charge is -2.37. The van der Waals surface area contributed by atoms with Crippen molar-refractivity contribution < 1.29 is 34.7 Å². The quantitative estimate of drug-likeness (QED) is 0.397. The minimum absolute atomic E-state index is 1.19. The summed E-state index contributed by atoms with van der Waals surface area (Å²) in [6.07, 6.45) is -7.60. The second kappa shape index (κ2) is 4.20. The van der Waals surface area contributed by atoms with Crippen LogP contribution in [0.15, 0.2) is 0 Å². The van der Waals surface area contributed by atoms with Gasteiger partial charge in [-0.25, -0.2) is 4.79 Å². The molecule has 0 amide bonds. The summed E-state index contributed by atoms with van der Waals surface area (Å²) in [5.74, 6) is -1.43. The summed E-state index contributed by atoms with van der Waals surface area (Å²) in [7, 11) is 1.19. The molecule has 0 aromatic carbocycles. The second-order valence-electron chi connectivity index (χ2n) is 2.97. The highest BCUT2D eigenvalue weighted by atomic mass is 16.7. The van der Waals surface area contributed by atoms with Crippen molar-refractivity contribution in [3.05, 3.63) is 0 Å². The summed E-state index contributed by atoms with van der Waals surface area (Å²) >= 11 is 0. The van der Waals surface area contributed by atoms with Gasteiger partial charge in [-0.15, -0.1) is 0 Å². The Hall–Kier alpha value is -0.730. The Balaban J connectivity index is 2.78. The van der Waals surface area contributed by atoms with Crippen molar-refractivity contribution in [3.8, 4) is 0 Å². The molecule has 0 saturated carbocycles. The molecule has 7 heteroatoms. The van der Waals surface area contributed by atoms with Crippen molar-refractivity contribution in [2.75, 3.05) is 7.11 Å². The van der Waals surface area contributed by atoms with Crippen LogP contribution in [0.2, 0.25) is 0 Å². The van der Waals surface area contributed by atoms with E-state index in [-0.39, 0.29) is 0 Å². The Bertz CT molecular complexity index is 216. The molecule has 0 aliphatic carbocycles. The Morgan fingerprint density at radius 2 is 1.79 bits per heavy atom. The highest BCUT2D eigenvalue weighted by Crippen LogP contribution is 2.21. The maximum Gasteiger partial charge on any atom is 0.335 e. The fraction of sp³-hybridized carbons (Fsp3) is 0.857. The lowest BCUT2D eigenvalue weighted by atomic mass is 9.99. The number of hydrogen-bond donors (Lipinski definition) is 4. The van der Waals surface area contributed by atoms with Crippen molar-refractivity contribution in [1.29, 1.82) is 0 Å². The molecule has 1 saturated heterocycles. The average Bonchev–Trinajstić information content (AvgIpc) is 2.14. The first-order chi connectivity index (χ1) is 6.49. The van der Waals surface area contributed by atoms with Gasteiger partial charge >= 0.3 is 5.97 Å². The van der Waals surface area contributed by atoms with Crippen LogP contribution < -0.4 is 0 Å². The van der Waals surface area contributed by atoms with Gasteiger partial charge in [-0.1, -0.05) is 0 Å². The van der Waals surface area contributed by atoms with Gasteiger partial charge < -0.3 is 29.9 Å². The lowest BCUT2D eigenvalue weighted by Crippen LogP contribution is -2.60. The van der Waals surface area contributed by atoms with Crippen molar-refractivity contribution in [3.63, 3.8) is 0 Å². The molecule has 5 unspecified atom stereocenters. The van der Waals surface area contributed by atoms with Crippen LogP contribution in [0.1, 0.15) is 0 Å². The summed E-state index contributed by atoms with van der Waals surface area (Å²) in [6.45, 7) is 0. The zero-order valence-corrected chi connectivity index (χ0v) is 7.40. The molecule has 1 aliphatic rings. The third-order valence-corrected chi connectivity index (χ3v) is 2.05. The number of hydrogen-bond acceptors (Lipinski definition) is 6. The van der Waals surface area contributed by atoms with E-state index in [9.17, 15) is 20.1 Å². The van der Waals surface area contributed by atoms with Crippen LogP contribution in [0, 0.1) is 0 Å². The van der Waals surface area contributed by atoms with Gasteiger partial charge in [0.25, 0.3) is 0 Å². The fourth-order valence-electron chi connectivity index (χ4n) is 1.25. The molecular weight excluding hydrogens is 196 g/mol. The third kappa shape index (κ3) is 1.86. The average molecular weight is 208 g/mol. The minimum Gasteiger partial charge on any atom is -0.479 e. The molecule has 5 atom stereocenters. The predicted octanol–water partition coefficient (Wildman–Crippen LogP) is -2.47. The molecule has 0 aromatic heterocycles. The molecule has 82 valence electrons. The standard InChI is InChI=1S/C7H12O7/c1-13-7-4(10)2(8)3(9)5(14-7)6(11)12/h2-5,7-10H,1H3,(H,11,12). The van der Waals surface area contributed by atoms with Gasteiger partial charge in [-0.05, 0) is 0 Å². The van der Waals surface area contributed by atoms with Gasteiger partial charge in [0, 0.05) is 7.11 Å². The highest BCUT2D eigenvalue weighted by Gasteiger charge is 2.46. The largest absolute Gasteiger partial charge is 0.479 e. The Labute approximate surface area is 79.5 Å². The van der Waals surface area contributed by atoms with Gasteiger partial charge in [0.1, 0.15) is 18.3 Å². The summed E-state index contributed by atoms with van der Waals surface area (Å²) in [4.78, 5) is 10.5. The lowest BCUT2D eigenvalue weighted by molar-refractivity contribution is -0.287. The highest BCUT2D eigenvalue weighted by molar-refractivity contribution is 5.73. The zero-order valence-electron chi connectivity index (χ0n) is 7.40. The number of ether oxygens (including phenoxy) is 2. The van der Waals surface area contributed by atoms with Crippen LogP contribution >= 0.6 is 0 Å². The van der Waals surface area contributed by atoms with Gasteiger partial charge in [0.2, 0.25) is 0 Å². The first-order valence-electron chi connectivity index (χ1n) is 3.94. The summed E-state index contributed by atoms with van der Waals surface area (Å²) in [5.41, 5.74) is 0. The summed E-state index contributed by atoms with van der Waals surface area (Å²) in [5, 5.41) is 36.3. The van der Waals surface area contributed by atoms with E-state index >= 15 is 0 Å². The monoisotopic (exact) mass is 208 g/mol. The van der Waals surface area contributed by atoms with Crippen molar-refractivity contribution in [2.24, 2.45) is 0 Å². The van der Waals surface area contributed by atoms with Gasteiger partial charge in [-0.3, -0.25) is 0 Å². The van der Waals surface area contributed by atoms with E-state index in [1.165, 1.54) is 7.11 Å². The molecule has 1 rings (SSSR count). The van der Waals surface area contributed by atoms with Gasteiger partial charge in [0.05, 0.1) is 0 Å². The van der Waals surface area contributed by atoms with E-state index in [2.05, 4.69) is 4.74 Å². The predicted molar refractivity (Wildman–Crippen MR) is 41.3 cm³/mol. The van der Waals surface area contributed by atoms with Crippen LogP contribution in [0.25, 0.3) is 0 Å². The number of aliphatic hydroxyl groups is 3. The SMILES string of the molecule is COC1OC(C(=O)O)C(O)C(O)C1O. The van der Waals surface area contributed by atoms with E-state index in [4.69, 9.17) is 9.84 Å². The second-order valence-corrected chi connectivity index (χ2v) is 2.97. The smallest absolute Gasteiger partial charge is 0.335 e. The van der Waals surface area contributed by atoms with E-state index in [1.54, 1.807) is 0 Å². The van der Waals surface area contributed by atoms with E-state index in [0.29, 0.717) is 0 Å². The maximum atomic E-state index is 10.5. The molecule has 0 aromatic rings. The molecule has 0 spiro atoms. The Morgan fingerprint density at radius 3 is 2.21 bits per heavy atom. The molecule has 7 nitrogen and oxygen atoms in total. The van der Waals surface area contributed by atoms with Crippen LogP contribution in [0.5, 0.6) is 0 Å². The van der Waals surface area contributed by atoms with Crippen LogP contribution in [-0.4, -0.2) is 64.2 Å². The summed E-state index contributed by atoms with van der Waals surface area (Å²) in [6, 6.07) is 0. The molecule has 0 radical (unpaired) electrons. The van der Waals surface area contributed by atoms with Crippen LogP contribution in [0.3, 0.4) is 0 Å².